The normalized spacial score (nSPS) is 11.5. The molecule has 0 heterocycles. The molecule has 106 valence electrons. The molecule has 0 N–H and O–H groups in total. The van der Waals surface area contributed by atoms with Gasteiger partial charge in [-0.25, -0.2) is 4.79 Å². The predicted molar refractivity (Wildman–Crippen MR) is 83.9 cm³/mol. The van der Waals surface area contributed by atoms with Crippen molar-refractivity contribution in [3.8, 4) is 0 Å². The van der Waals surface area contributed by atoms with Crippen LogP contribution in [0.3, 0.4) is 0 Å². The molecular formula is C14H24O3Si2. The Bertz CT molecular complexity index is 316. The summed E-state index contributed by atoms with van der Waals surface area (Å²) in [6, 6.07) is 1.01. The van der Waals surface area contributed by atoms with Crippen molar-refractivity contribution < 1.29 is 14.3 Å². The third-order valence-electron chi connectivity index (χ3n) is 3.37. The lowest BCUT2D eigenvalue weighted by Crippen LogP contribution is -2.43. The van der Waals surface area contributed by atoms with E-state index in [1.165, 1.54) is 7.11 Å². The topological polar surface area (TPSA) is 35.5 Å². The molecular weight excluding hydrogens is 272 g/mol. The van der Waals surface area contributed by atoms with Crippen molar-refractivity contribution in [3.05, 3.63) is 36.8 Å². The minimum atomic E-state index is -1.86. The summed E-state index contributed by atoms with van der Waals surface area (Å²) in [6.07, 6.45) is 0.224. The summed E-state index contributed by atoms with van der Waals surface area (Å²) >= 11 is 0. The molecule has 0 aromatic rings. The number of hydrogen-bond acceptors (Lipinski definition) is 3. The van der Waals surface area contributed by atoms with Crippen LogP contribution in [0, 0.1) is 0 Å². The Labute approximate surface area is 120 Å². The molecule has 0 aromatic heterocycles. The van der Waals surface area contributed by atoms with Crippen molar-refractivity contribution in [3.63, 3.8) is 0 Å². The van der Waals surface area contributed by atoms with Crippen LogP contribution in [0.4, 0.5) is 4.79 Å². The Kier molecular flexibility index (Phi) is 7.70. The van der Waals surface area contributed by atoms with Gasteiger partial charge in [-0.05, 0) is 11.1 Å². The fourth-order valence-electron chi connectivity index (χ4n) is 1.86. The summed E-state index contributed by atoms with van der Waals surface area (Å²) in [5.74, 6) is 0. The molecule has 19 heavy (non-hydrogen) atoms. The predicted octanol–water partition coefficient (Wildman–Crippen LogP) is 3.64. The second-order valence-electron chi connectivity index (χ2n) is 4.75. The molecule has 0 fully saturated rings. The Morgan fingerprint density at radius 1 is 1.26 bits per heavy atom. The maximum atomic E-state index is 10.8. The van der Waals surface area contributed by atoms with Crippen LogP contribution < -0.4 is 0 Å². The molecule has 0 unspecified atom stereocenters. The van der Waals surface area contributed by atoms with Crippen molar-refractivity contribution in [1.29, 1.82) is 0 Å². The molecule has 0 spiro atoms. The second-order valence-corrected chi connectivity index (χ2v) is 11.7. The Morgan fingerprint density at radius 3 is 2.21 bits per heavy atom. The van der Waals surface area contributed by atoms with E-state index in [4.69, 9.17) is 4.74 Å². The molecule has 3 nitrogen and oxygen atoms in total. The first-order valence-corrected chi connectivity index (χ1v) is 9.69. The fourth-order valence-corrected chi connectivity index (χ4v) is 7.35. The van der Waals surface area contributed by atoms with Gasteiger partial charge in [0.15, 0.2) is 0 Å². The molecule has 0 aliphatic heterocycles. The largest absolute Gasteiger partial charge is 0.507 e. The summed E-state index contributed by atoms with van der Waals surface area (Å²) in [6.45, 7) is 16.8. The van der Waals surface area contributed by atoms with Crippen LogP contribution in [-0.4, -0.2) is 37.5 Å². The summed E-state index contributed by atoms with van der Waals surface area (Å²) in [7, 11) is 0.199. The van der Waals surface area contributed by atoms with Crippen LogP contribution >= 0.6 is 0 Å². The first-order chi connectivity index (χ1) is 8.89. The van der Waals surface area contributed by atoms with E-state index in [1.54, 1.807) is 0 Å². The van der Waals surface area contributed by atoms with Crippen molar-refractivity contribution in [2.45, 2.75) is 31.0 Å². The molecule has 2 radical (unpaired) electrons. The Hall–Kier alpha value is -1.08. The summed E-state index contributed by atoms with van der Waals surface area (Å²) in [5, 5.41) is 0. The first-order valence-electron chi connectivity index (χ1n) is 6.25. The Morgan fingerprint density at radius 2 is 1.79 bits per heavy atom. The van der Waals surface area contributed by atoms with Gasteiger partial charge in [-0.2, -0.15) is 0 Å². The van der Waals surface area contributed by atoms with E-state index in [2.05, 4.69) is 38.3 Å². The summed E-state index contributed by atoms with van der Waals surface area (Å²) in [4.78, 5) is 10.8. The van der Waals surface area contributed by atoms with Crippen LogP contribution in [0.1, 0.15) is 20.3 Å². The third-order valence-corrected chi connectivity index (χ3v) is 10.9. The number of ether oxygens (including phenoxy) is 2. The number of hydrogen-bond donors (Lipinski definition) is 0. The number of carbonyl (C=O) groups excluding carboxylic acids is 1. The van der Waals surface area contributed by atoms with E-state index in [9.17, 15) is 4.79 Å². The monoisotopic (exact) mass is 296 g/mol. The number of methoxy groups -OCH3 is 1. The van der Waals surface area contributed by atoms with Crippen molar-refractivity contribution >= 4 is 23.7 Å². The maximum Gasteiger partial charge on any atom is 0.507 e. The van der Waals surface area contributed by atoms with Crippen LogP contribution in [-0.2, 0) is 9.47 Å². The van der Waals surface area contributed by atoms with E-state index in [1.807, 2.05) is 17.1 Å². The Balaban J connectivity index is 4.30. The molecule has 0 saturated heterocycles. The van der Waals surface area contributed by atoms with Crippen LogP contribution in [0.25, 0.3) is 0 Å². The van der Waals surface area contributed by atoms with Gasteiger partial charge in [0, 0.05) is 9.52 Å². The van der Waals surface area contributed by atoms with Gasteiger partial charge in [0.05, 0.1) is 13.7 Å². The lowest BCUT2D eigenvalue weighted by atomic mass is 10.5. The zero-order valence-corrected chi connectivity index (χ0v) is 14.2. The molecule has 0 atom stereocenters. The first kappa shape index (κ1) is 17.9. The average molecular weight is 297 g/mol. The zero-order chi connectivity index (χ0) is 14.9. The lowest BCUT2D eigenvalue weighted by Gasteiger charge is -2.38. The van der Waals surface area contributed by atoms with Crippen molar-refractivity contribution in [1.82, 2.24) is 0 Å². The highest BCUT2D eigenvalue weighted by molar-refractivity contribution is 7.00. The van der Waals surface area contributed by atoms with Crippen molar-refractivity contribution in [2.24, 2.45) is 0 Å². The molecule has 0 aliphatic rings. The smallest absolute Gasteiger partial charge is 0.438 e. The van der Waals surface area contributed by atoms with Gasteiger partial charge >= 0.3 is 6.16 Å². The summed E-state index contributed by atoms with van der Waals surface area (Å²) in [5.41, 5.74) is 6.10. The highest BCUT2D eigenvalue weighted by Crippen LogP contribution is 2.38. The van der Waals surface area contributed by atoms with Gasteiger partial charge < -0.3 is 9.47 Å². The summed E-state index contributed by atoms with van der Waals surface area (Å²) < 4.78 is 9.42. The highest BCUT2D eigenvalue weighted by atomic mass is 28.4. The number of rotatable bonds is 9. The second kappa shape index (κ2) is 8.17. The molecule has 0 aromatic carbocycles. The minimum Gasteiger partial charge on any atom is -0.438 e. The van der Waals surface area contributed by atoms with Gasteiger partial charge in [0.1, 0.15) is 8.07 Å². The van der Waals surface area contributed by atoms with Crippen molar-refractivity contribution in [2.75, 3.05) is 13.7 Å². The number of carbonyl (C=O) groups is 1. The quantitative estimate of drug-likeness (QED) is 0.370. The lowest BCUT2D eigenvalue weighted by molar-refractivity contribution is 0.0728. The maximum absolute atomic E-state index is 10.8. The van der Waals surface area contributed by atoms with E-state index in [-0.39, 0.29) is 4.66 Å². The van der Waals surface area contributed by atoms with Crippen LogP contribution in [0.15, 0.2) is 36.8 Å². The van der Waals surface area contributed by atoms with Gasteiger partial charge in [-0.1, -0.05) is 37.0 Å². The molecule has 5 heteroatoms. The molecule has 0 amide bonds. The zero-order valence-electron chi connectivity index (χ0n) is 12.2. The van der Waals surface area contributed by atoms with Gasteiger partial charge in [0.25, 0.3) is 0 Å². The average Bonchev–Trinajstić information content (AvgIpc) is 2.40. The molecule has 0 saturated carbocycles. The van der Waals surface area contributed by atoms with Crippen LogP contribution in [0.5, 0.6) is 0 Å². The minimum absolute atomic E-state index is 0.142. The van der Waals surface area contributed by atoms with E-state index in [0.29, 0.717) is 6.61 Å². The van der Waals surface area contributed by atoms with Gasteiger partial charge in [-0.15, -0.1) is 19.7 Å². The van der Waals surface area contributed by atoms with Gasteiger partial charge in [0.2, 0.25) is 0 Å². The molecule has 0 bridgehead atoms. The molecule has 0 rings (SSSR count). The van der Waals surface area contributed by atoms with E-state index in [0.717, 1.165) is 22.0 Å². The third kappa shape index (κ3) is 4.83. The van der Waals surface area contributed by atoms with Gasteiger partial charge in [-0.3, -0.25) is 0 Å². The standard InChI is InChI=1S/C14H24O3Si2/c1-7-19(8-2,9-3)14(4,5)18-12-10-11-17-13(15)16-6/h7-9H,1-3,10-12H2,4-6H3. The van der Waals surface area contributed by atoms with E-state index < -0.39 is 14.2 Å². The highest BCUT2D eigenvalue weighted by Gasteiger charge is 2.39. The van der Waals surface area contributed by atoms with E-state index >= 15 is 0 Å². The van der Waals surface area contributed by atoms with Crippen LogP contribution in [0.2, 0.25) is 10.7 Å². The fraction of sp³-hybridized carbons (Fsp3) is 0.500. The molecule has 0 aliphatic carbocycles. The SMILES string of the molecule is C=C[Si](C=C)(C=C)C(C)(C)[Si]CCCOC(=O)OC.